The van der Waals surface area contributed by atoms with Crippen LogP contribution in [0.5, 0.6) is 0 Å². The molecule has 124 valence electrons. The van der Waals surface area contributed by atoms with Crippen molar-refractivity contribution in [2.75, 3.05) is 49.6 Å². The van der Waals surface area contributed by atoms with Gasteiger partial charge in [-0.15, -0.1) is 23.2 Å². The fraction of sp³-hybridized carbons (Fsp3) is 0.533. The van der Waals surface area contributed by atoms with Crippen molar-refractivity contribution in [3.63, 3.8) is 0 Å². The van der Waals surface area contributed by atoms with Crippen molar-refractivity contribution in [2.45, 2.75) is 13.1 Å². The number of nitrogens with zero attached hydrogens (tertiary/aromatic N) is 2. The number of anilines is 2. The second-order valence-electron chi connectivity index (χ2n) is 5.25. The minimum atomic E-state index is -0.197. The van der Waals surface area contributed by atoms with Crippen LogP contribution in [0, 0.1) is 0 Å². The number of hydrogen-bond acceptors (Lipinski definition) is 4. The van der Waals surface area contributed by atoms with Crippen molar-refractivity contribution in [3.8, 4) is 0 Å². The highest BCUT2D eigenvalue weighted by Gasteiger charge is 2.16. The molecule has 7 heteroatoms. The first-order valence-electron chi connectivity index (χ1n) is 7.14. The van der Waals surface area contributed by atoms with E-state index in [2.05, 4.69) is 5.32 Å². The van der Waals surface area contributed by atoms with Crippen molar-refractivity contribution in [3.05, 3.63) is 23.8 Å². The summed E-state index contributed by atoms with van der Waals surface area (Å²) in [6.45, 7) is 3.23. The molecule has 0 bridgehead atoms. The first kappa shape index (κ1) is 18.9. The Morgan fingerprint density at radius 3 is 2.36 bits per heavy atom. The third kappa shape index (κ3) is 5.23. The van der Waals surface area contributed by atoms with Crippen molar-refractivity contribution < 1.29 is 4.79 Å². The molecular formula is C15H24Cl2N4O. The van der Waals surface area contributed by atoms with Gasteiger partial charge in [0.25, 0.3) is 5.91 Å². The van der Waals surface area contributed by atoms with Gasteiger partial charge in [0.05, 0.1) is 11.7 Å². The molecule has 0 aliphatic heterocycles. The van der Waals surface area contributed by atoms with E-state index in [-0.39, 0.29) is 12.1 Å². The molecule has 22 heavy (non-hydrogen) atoms. The van der Waals surface area contributed by atoms with Crippen LogP contribution in [0.1, 0.15) is 17.3 Å². The average Bonchev–Trinajstić information content (AvgIpc) is 2.47. The molecule has 3 N–H and O–H groups in total. The zero-order valence-corrected chi connectivity index (χ0v) is 14.8. The SMILES string of the molecule is CC(NC(=O)c1cc(N(CCCl)CCCl)ccc1N)N(C)C. The van der Waals surface area contributed by atoms with E-state index >= 15 is 0 Å². The van der Waals surface area contributed by atoms with E-state index in [1.165, 1.54) is 0 Å². The van der Waals surface area contributed by atoms with E-state index in [1.807, 2.05) is 36.9 Å². The van der Waals surface area contributed by atoms with Gasteiger partial charge in [0.15, 0.2) is 0 Å². The summed E-state index contributed by atoms with van der Waals surface area (Å²) < 4.78 is 0. The largest absolute Gasteiger partial charge is 0.398 e. The summed E-state index contributed by atoms with van der Waals surface area (Å²) in [4.78, 5) is 16.3. The van der Waals surface area contributed by atoms with E-state index in [4.69, 9.17) is 28.9 Å². The summed E-state index contributed by atoms with van der Waals surface area (Å²) in [6.07, 6.45) is -0.0858. The van der Waals surface area contributed by atoms with Gasteiger partial charge < -0.3 is 16.0 Å². The molecule has 0 spiro atoms. The summed E-state index contributed by atoms with van der Waals surface area (Å²) in [5.41, 5.74) is 7.74. The summed E-state index contributed by atoms with van der Waals surface area (Å²) in [5, 5.41) is 2.90. The van der Waals surface area contributed by atoms with Gasteiger partial charge in [0, 0.05) is 36.2 Å². The summed E-state index contributed by atoms with van der Waals surface area (Å²) in [5.74, 6) is 0.776. The number of carbonyl (C=O) groups is 1. The zero-order chi connectivity index (χ0) is 16.7. The lowest BCUT2D eigenvalue weighted by Crippen LogP contribution is -2.42. The van der Waals surface area contributed by atoms with Crippen molar-refractivity contribution in [1.82, 2.24) is 10.2 Å². The first-order chi connectivity index (χ1) is 10.4. The highest BCUT2D eigenvalue weighted by atomic mass is 35.5. The fourth-order valence-corrected chi connectivity index (χ4v) is 2.32. The minimum Gasteiger partial charge on any atom is -0.398 e. The molecule has 1 unspecified atom stereocenters. The van der Waals surface area contributed by atoms with E-state index < -0.39 is 0 Å². The number of benzene rings is 1. The molecule has 1 rings (SSSR count). The average molecular weight is 347 g/mol. The molecule has 0 heterocycles. The first-order valence-corrected chi connectivity index (χ1v) is 8.21. The zero-order valence-electron chi connectivity index (χ0n) is 13.3. The Morgan fingerprint density at radius 1 is 1.27 bits per heavy atom. The normalized spacial score (nSPS) is 12.3. The Kier molecular flexibility index (Phi) is 7.79. The third-order valence-electron chi connectivity index (χ3n) is 3.47. The van der Waals surface area contributed by atoms with Gasteiger partial charge in [0.1, 0.15) is 0 Å². The van der Waals surface area contributed by atoms with Gasteiger partial charge in [-0.05, 0) is 39.2 Å². The van der Waals surface area contributed by atoms with E-state index in [9.17, 15) is 4.79 Å². The maximum absolute atomic E-state index is 12.4. The molecule has 1 aromatic carbocycles. The predicted octanol–water partition coefficient (Wildman–Crippen LogP) is 2.19. The molecule has 1 atom stereocenters. The second kappa shape index (κ2) is 9.08. The Hall–Kier alpha value is -1.17. The maximum Gasteiger partial charge on any atom is 0.254 e. The van der Waals surface area contributed by atoms with Crippen molar-refractivity contribution in [1.29, 1.82) is 0 Å². The van der Waals surface area contributed by atoms with Crippen LogP contribution in [0.25, 0.3) is 0 Å². The second-order valence-corrected chi connectivity index (χ2v) is 6.01. The molecule has 0 saturated heterocycles. The monoisotopic (exact) mass is 346 g/mol. The molecule has 0 aliphatic rings. The van der Waals surface area contributed by atoms with Crippen LogP contribution in [-0.4, -0.2) is 55.9 Å². The number of nitrogen functional groups attached to an aromatic ring is 1. The quantitative estimate of drug-likeness (QED) is 0.430. The summed E-state index contributed by atoms with van der Waals surface area (Å²) >= 11 is 11.6. The van der Waals surface area contributed by atoms with Gasteiger partial charge >= 0.3 is 0 Å². The lowest BCUT2D eigenvalue weighted by Gasteiger charge is -2.25. The van der Waals surface area contributed by atoms with Gasteiger partial charge in [-0.1, -0.05) is 0 Å². The number of hydrogen-bond donors (Lipinski definition) is 2. The number of nitrogens with one attached hydrogen (secondary N) is 1. The molecular weight excluding hydrogens is 323 g/mol. The van der Waals surface area contributed by atoms with Gasteiger partial charge in [-0.2, -0.15) is 0 Å². The maximum atomic E-state index is 12.4. The van der Waals surface area contributed by atoms with Crippen LogP contribution in [-0.2, 0) is 0 Å². The molecule has 0 aliphatic carbocycles. The van der Waals surface area contributed by atoms with Crippen LogP contribution >= 0.6 is 23.2 Å². The van der Waals surface area contributed by atoms with E-state index in [1.54, 1.807) is 12.1 Å². The van der Waals surface area contributed by atoms with E-state index in [0.717, 1.165) is 5.69 Å². The number of rotatable bonds is 8. The lowest BCUT2D eigenvalue weighted by molar-refractivity contribution is 0.0901. The molecule has 1 aromatic rings. The lowest BCUT2D eigenvalue weighted by atomic mass is 10.1. The van der Waals surface area contributed by atoms with Crippen LogP contribution in [0.15, 0.2) is 18.2 Å². The molecule has 5 nitrogen and oxygen atoms in total. The number of halogens is 2. The topological polar surface area (TPSA) is 61.6 Å². The summed E-state index contributed by atoms with van der Waals surface area (Å²) in [6, 6.07) is 5.40. The Bertz CT molecular complexity index is 490. The molecule has 0 aromatic heterocycles. The van der Waals surface area contributed by atoms with Crippen LogP contribution in [0.4, 0.5) is 11.4 Å². The highest BCUT2D eigenvalue weighted by Crippen LogP contribution is 2.22. The van der Waals surface area contributed by atoms with Crippen molar-refractivity contribution >= 4 is 40.5 Å². The Morgan fingerprint density at radius 2 is 1.86 bits per heavy atom. The van der Waals surface area contributed by atoms with E-state index in [0.29, 0.717) is 36.1 Å². The van der Waals surface area contributed by atoms with Crippen LogP contribution < -0.4 is 16.0 Å². The molecule has 0 radical (unpaired) electrons. The van der Waals surface area contributed by atoms with Gasteiger partial charge in [0.2, 0.25) is 0 Å². The standard InChI is InChI=1S/C15H24Cl2N4O/c1-11(20(2)3)19-15(22)13-10-12(4-5-14(13)18)21(8-6-16)9-7-17/h4-5,10-11H,6-9,18H2,1-3H3,(H,19,22). The molecule has 0 fully saturated rings. The predicted molar refractivity (Wildman–Crippen MR) is 95.1 cm³/mol. The van der Waals surface area contributed by atoms with Crippen LogP contribution in [0.2, 0.25) is 0 Å². The fourth-order valence-electron chi connectivity index (χ4n) is 1.91. The summed E-state index contributed by atoms with van der Waals surface area (Å²) in [7, 11) is 3.79. The Labute approximate surface area is 142 Å². The van der Waals surface area contributed by atoms with Gasteiger partial charge in [-0.25, -0.2) is 0 Å². The number of carbonyl (C=O) groups excluding carboxylic acids is 1. The smallest absolute Gasteiger partial charge is 0.254 e. The number of nitrogens with two attached hydrogens (primary N) is 1. The molecule has 0 saturated carbocycles. The van der Waals surface area contributed by atoms with Crippen LogP contribution in [0.3, 0.4) is 0 Å². The van der Waals surface area contributed by atoms with Crippen molar-refractivity contribution in [2.24, 2.45) is 0 Å². The minimum absolute atomic E-state index is 0.0858. The van der Waals surface area contributed by atoms with Gasteiger partial charge in [-0.3, -0.25) is 9.69 Å². The number of amides is 1. The highest BCUT2D eigenvalue weighted by molar-refractivity contribution is 6.18. The number of alkyl halides is 2. The third-order valence-corrected chi connectivity index (χ3v) is 3.81. The Balaban J connectivity index is 3.00. The molecule has 1 amide bonds.